The van der Waals surface area contributed by atoms with E-state index in [1.54, 1.807) is 0 Å². The van der Waals surface area contributed by atoms with E-state index in [-0.39, 0.29) is 0 Å². The summed E-state index contributed by atoms with van der Waals surface area (Å²) in [6, 6.07) is 2.73. The molecular weight excluding hydrogens is 212 g/mol. The second-order valence-electron chi connectivity index (χ2n) is 4.61. The molecule has 0 radical (unpaired) electrons. The average molecular weight is 234 g/mol. The Morgan fingerprint density at radius 2 is 2.12 bits per heavy atom. The monoisotopic (exact) mass is 234 g/mol. The molecule has 0 amide bonds. The minimum Gasteiger partial charge on any atom is -0.370 e. The molecule has 1 aliphatic carbocycles. The third-order valence-corrected chi connectivity index (χ3v) is 3.42. The number of aromatic nitrogens is 2. The minimum absolute atomic E-state index is 0.670. The summed E-state index contributed by atoms with van der Waals surface area (Å²) in [4.78, 5) is 11.4. The third kappa shape index (κ3) is 2.68. The molecule has 94 valence electrons. The molecule has 1 aliphatic rings. The molecule has 0 unspecified atom stereocenters. The van der Waals surface area contributed by atoms with Gasteiger partial charge in [0.05, 0.1) is 0 Å². The van der Waals surface area contributed by atoms with Crippen molar-refractivity contribution in [2.45, 2.75) is 45.6 Å². The molecular formula is C13H22N4. The maximum Gasteiger partial charge on any atom is 0.134 e. The Morgan fingerprint density at radius 3 is 2.65 bits per heavy atom. The van der Waals surface area contributed by atoms with Crippen LogP contribution >= 0.6 is 0 Å². The molecule has 0 aromatic carbocycles. The van der Waals surface area contributed by atoms with Crippen molar-refractivity contribution in [2.75, 3.05) is 23.8 Å². The lowest BCUT2D eigenvalue weighted by atomic mass is 9.92. The quantitative estimate of drug-likeness (QED) is 0.849. The van der Waals surface area contributed by atoms with Crippen molar-refractivity contribution in [1.82, 2.24) is 9.97 Å². The fourth-order valence-corrected chi connectivity index (χ4v) is 2.05. The summed E-state index contributed by atoms with van der Waals surface area (Å²) in [5.74, 6) is 2.92. The summed E-state index contributed by atoms with van der Waals surface area (Å²) in [5.41, 5.74) is 0. The predicted molar refractivity (Wildman–Crippen MR) is 71.6 cm³/mol. The molecule has 2 rings (SSSR count). The number of hydrogen-bond donors (Lipinski definition) is 1. The van der Waals surface area contributed by atoms with E-state index < -0.39 is 0 Å². The molecule has 17 heavy (non-hydrogen) atoms. The van der Waals surface area contributed by atoms with E-state index in [0.29, 0.717) is 6.04 Å². The second-order valence-corrected chi connectivity index (χ2v) is 4.61. The van der Waals surface area contributed by atoms with Crippen molar-refractivity contribution in [3.63, 3.8) is 0 Å². The van der Waals surface area contributed by atoms with Gasteiger partial charge in [0, 0.05) is 32.1 Å². The highest BCUT2D eigenvalue weighted by molar-refractivity contribution is 5.49. The Morgan fingerprint density at radius 1 is 1.35 bits per heavy atom. The molecule has 1 saturated carbocycles. The maximum atomic E-state index is 4.61. The Labute approximate surface area is 103 Å². The van der Waals surface area contributed by atoms with Crippen LogP contribution in [0.5, 0.6) is 0 Å². The molecule has 0 saturated heterocycles. The van der Waals surface area contributed by atoms with Crippen LogP contribution in [-0.4, -0.2) is 29.6 Å². The van der Waals surface area contributed by atoms with E-state index in [0.717, 1.165) is 30.4 Å². The first-order chi connectivity index (χ1) is 8.24. The zero-order valence-electron chi connectivity index (χ0n) is 11.0. The summed E-state index contributed by atoms with van der Waals surface area (Å²) in [5, 5.41) is 3.27. The van der Waals surface area contributed by atoms with Gasteiger partial charge in [0.25, 0.3) is 0 Å². The van der Waals surface area contributed by atoms with E-state index in [9.17, 15) is 0 Å². The zero-order valence-corrected chi connectivity index (χ0v) is 11.0. The lowest BCUT2D eigenvalue weighted by molar-refractivity contribution is 0.399. The topological polar surface area (TPSA) is 41.0 Å². The molecule has 1 heterocycles. The van der Waals surface area contributed by atoms with Crippen molar-refractivity contribution in [2.24, 2.45) is 0 Å². The van der Waals surface area contributed by atoms with Crippen LogP contribution in [0.15, 0.2) is 6.07 Å². The number of hydrogen-bond acceptors (Lipinski definition) is 4. The smallest absolute Gasteiger partial charge is 0.134 e. The van der Waals surface area contributed by atoms with Gasteiger partial charge in [-0.05, 0) is 26.2 Å². The Balaban J connectivity index is 2.21. The van der Waals surface area contributed by atoms with Crippen molar-refractivity contribution < 1.29 is 0 Å². The SMILES string of the molecule is CCNc1cc(N(C)C2CCC2)nc(CC)n1. The van der Waals surface area contributed by atoms with Crippen LogP contribution in [0, 0.1) is 0 Å². The van der Waals surface area contributed by atoms with Crippen LogP contribution in [0.4, 0.5) is 11.6 Å². The molecule has 4 heteroatoms. The fourth-order valence-electron chi connectivity index (χ4n) is 2.05. The van der Waals surface area contributed by atoms with Gasteiger partial charge in [-0.2, -0.15) is 0 Å². The molecule has 0 aliphatic heterocycles. The van der Waals surface area contributed by atoms with E-state index in [4.69, 9.17) is 0 Å². The minimum atomic E-state index is 0.670. The molecule has 1 aromatic heterocycles. The number of rotatable bonds is 5. The Hall–Kier alpha value is -1.32. The predicted octanol–water partition coefficient (Wildman–Crippen LogP) is 2.46. The largest absolute Gasteiger partial charge is 0.370 e. The highest BCUT2D eigenvalue weighted by atomic mass is 15.2. The number of anilines is 2. The summed E-state index contributed by atoms with van der Waals surface area (Å²) in [6.45, 7) is 5.08. The molecule has 1 fully saturated rings. The third-order valence-electron chi connectivity index (χ3n) is 3.42. The van der Waals surface area contributed by atoms with Crippen molar-refractivity contribution in [1.29, 1.82) is 0 Å². The van der Waals surface area contributed by atoms with Gasteiger partial charge < -0.3 is 10.2 Å². The van der Waals surface area contributed by atoms with E-state index in [1.807, 2.05) is 0 Å². The van der Waals surface area contributed by atoms with Crippen LogP contribution < -0.4 is 10.2 Å². The first-order valence-electron chi connectivity index (χ1n) is 6.59. The van der Waals surface area contributed by atoms with Crippen molar-refractivity contribution in [3.8, 4) is 0 Å². The summed E-state index contributed by atoms with van der Waals surface area (Å²) >= 11 is 0. The van der Waals surface area contributed by atoms with Gasteiger partial charge in [-0.3, -0.25) is 0 Å². The van der Waals surface area contributed by atoms with Crippen LogP contribution in [-0.2, 0) is 6.42 Å². The fraction of sp³-hybridized carbons (Fsp3) is 0.692. The normalized spacial score (nSPS) is 15.5. The maximum absolute atomic E-state index is 4.61. The molecule has 0 bridgehead atoms. The highest BCUT2D eigenvalue weighted by Crippen LogP contribution is 2.28. The second kappa shape index (κ2) is 5.34. The van der Waals surface area contributed by atoms with Gasteiger partial charge in [-0.15, -0.1) is 0 Å². The number of nitrogens with zero attached hydrogens (tertiary/aromatic N) is 3. The van der Waals surface area contributed by atoms with Gasteiger partial charge in [-0.25, -0.2) is 9.97 Å². The van der Waals surface area contributed by atoms with E-state index >= 15 is 0 Å². The zero-order chi connectivity index (χ0) is 12.3. The summed E-state index contributed by atoms with van der Waals surface area (Å²) in [6.07, 6.45) is 4.81. The molecule has 1 aromatic rings. The first-order valence-corrected chi connectivity index (χ1v) is 6.59. The van der Waals surface area contributed by atoms with Crippen LogP contribution in [0.1, 0.15) is 38.9 Å². The molecule has 0 atom stereocenters. The van der Waals surface area contributed by atoms with Crippen LogP contribution in [0.25, 0.3) is 0 Å². The van der Waals surface area contributed by atoms with Gasteiger partial charge in [-0.1, -0.05) is 6.92 Å². The van der Waals surface area contributed by atoms with Gasteiger partial charge in [0.15, 0.2) is 0 Å². The lowest BCUT2D eigenvalue weighted by Crippen LogP contribution is -2.37. The Bertz CT molecular complexity index is 374. The van der Waals surface area contributed by atoms with E-state index in [2.05, 4.69) is 47.1 Å². The summed E-state index contributed by atoms with van der Waals surface area (Å²) < 4.78 is 0. The lowest BCUT2D eigenvalue weighted by Gasteiger charge is -2.35. The van der Waals surface area contributed by atoms with Crippen LogP contribution in [0.3, 0.4) is 0 Å². The van der Waals surface area contributed by atoms with E-state index in [1.165, 1.54) is 19.3 Å². The highest BCUT2D eigenvalue weighted by Gasteiger charge is 2.23. The Kier molecular flexibility index (Phi) is 3.82. The standard InChI is InChI=1S/C13H22N4/c1-4-11-15-12(14-5-2)9-13(16-11)17(3)10-7-6-8-10/h9-10H,4-8H2,1-3H3,(H,14,15,16). The van der Waals surface area contributed by atoms with Gasteiger partial charge >= 0.3 is 0 Å². The van der Waals surface area contributed by atoms with Crippen molar-refractivity contribution in [3.05, 3.63) is 11.9 Å². The first kappa shape index (κ1) is 12.1. The van der Waals surface area contributed by atoms with Crippen molar-refractivity contribution >= 4 is 11.6 Å². The van der Waals surface area contributed by atoms with Gasteiger partial charge in [0.1, 0.15) is 17.5 Å². The number of aryl methyl sites for hydroxylation is 1. The average Bonchev–Trinajstić information content (AvgIpc) is 2.26. The van der Waals surface area contributed by atoms with Gasteiger partial charge in [0.2, 0.25) is 0 Å². The molecule has 1 N–H and O–H groups in total. The van der Waals surface area contributed by atoms with Crippen LogP contribution in [0.2, 0.25) is 0 Å². The molecule has 4 nitrogen and oxygen atoms in total. The summed E-state index contributed by atoms with van der Waals surface area (Å²) in [7, 11) is 2.14. The number of nitrogens with one attached hydrogen (secondary N) is 1. The molecule has 0 spiro atoms.